The maximum absolute atomic E-state index is 13.0. The van der Waals surface area contributed by atoms with Crippen LogP contribution in [-0.4, -0.2) is 57.6 Å². The fourth-order valence-corrected chi connectivity index (χ4v) is 4.15. The summed E-state index contributed by atoms with van der Waals surface area (Å²) in [6.07, 6.45) is 5.43. The summed E-state index contributed by atoms with van der Waals surface area (Å²) in [5.41, 5.74) is 0.785. The zero-order chi connectivity index (χ0) is 18.7. The van der Waals surface area contributed by atoms with E-state index in [1.54, 1.807) is 12.4 Å². The second-order valence-corrected chi connectivity index (χ2v) is 7.58. The molecular weight excluding hydrogens is 326 g/mol. The number of likely N-dealkylation sites (N-methyl/N-ethyl adjacent to an activating group) is 1. The van der Waals surface area contributed by atoms with Gasteiger partial charge in [-0.2, -0.15) is 0 Å². The summed E-state index contributed by atoms with van der Waals surface area (Å²) in [7, 11) is 2.19. The minimum Gasteiger partial charge on any atom is -0.305 e. The molecule has 1 aliphatic rings. The molecule has 0 aliphatic carbocycles. The van der Waals surface area contributed by atoms with Crippen LogP contribution < -0.4 is 5.56 Å². The highest BCUT2D eigenvalue weighted by atomic mass is 16.1. The normalized spacial score (nSPS) is 21.0. The van der Waals surface area contributed by atoms with Gasteiger partial charge in [-0.25, -0.2) is 4.98 Å². The highest BCUT2D eigenvalue weighted by Crippen LogP contribution is 2.27. The number of pyridine rings is 1. The first-order valence-corrected chi connectivity index (χ1v) is 9.82. The van der Waals surface area contributed by atoms with Crippen molar-refractivity contribution >= 4 is 10.9 Å². The van der Waals surface area contributed by atoms with Crippen molar-refractivity contribution in [1.29, 1.82) is 0 Å². The summed E-state index contributed by atoms with van der Waals surface area (Å²) in [6.45, 7) is 11.4. The van der Waals surface area contributed by atoms with Gasteiger partial charge in [0.05, 0.1) is 16.9 Å². The van der Waals surface area contributed by atoms with Crippen molar-refractivity contribution in [3.8, 4) is 0 Å². The van der Waals surface area contributed by atoms with Gasteiger partial charge in [0.25, 0.3) is 5.56 Å². The summed E-state index contributed by atoms with van der Waals surface area (Å²) >= 11 is 0. The Hall–Kier alpha value is -1.79. The third-order valence-electron chi connectivity index (χ3n) is 5.34. The van der Waals surface area contributed by atoms with Gasteiger partial charge in [-0.1, -0.05) is 20.3 Å². The van der Waals surface area contributed by atoms with Gasteiger partial charge in [0.2, 0.25) is 0 Å². The Balaban J connectivity index is 2.08. The van der Waals surface area contributed by atoms with E-state index in [1.165, 1.54) is 0 Å². The molecule has 1 aliphatic heterocycles. The van der Waals surface area contributed by atoms with Crippen LogP contribution in [0, 0.1) is 5.92 Å². The summed E-state index contributed by atoms with van der Waals surface area (Å²) in [6, 6.07) is 2.03. The molecule has 2 aromatic heterocycles. The summed E-state index contributed by atoms with van der Waals surface area (Å²) in [5.74, 6) is 1.52. The van der Waals surface area contributed by atoms with Crippen LogP contribution in [0.5, 0.6) is 0 Å². The Bertz CT molecular complexity index is 802. The third-order valence-corrected chi connectivity index (χ3v) is 5.34. The molecule has 0 aromatic carbocycles. The van der Waals surface area contributed by atoms with Gasteiger partial charge in [0.15, 0.2) is 0 Å². The Morgan fingerprint density at radius 1 is 1.27 bits per heavy atom. The number of aromatic nitrogens is 3. The first-order valence-electron chi connectivity index (χ1n) is 9.82. The third kappa shape index (κ3) is 3.81. The lowest BCUT2D eigenvalue weighted by Gasteiger charge is -2.32. The van der Waals surface area contributed by atoms with Gasteiger partial charge in [0, 0.05) is 45.1 Å². The van der Waals surface area contributed by atoms with Crippen LogP contribution in [0.3, 0.4) is 0 Å². The Kier molecular flexibility index (Phi) is 6.04. The first-order chi connectivity index (χ1) is 12.5. The van der Waals surface area contributed by atoms with Gasteiger partial charge >= 0.3 is 0 Å². The summed E-state index contributed by atoms with van der Waals surface area (Å²) in [5, 5.41) is 0.609. The molecule has 0 radical (unpaired) electrons. The second-order valence-electron chi connectivity index (χ2n) is 7.58. The molecule has 0 amide bonds. The molecule has 3 rings (SSSR count). The van der Waals surface area contributed by atoms with Crippen molar-refractivity contribution in [2.45, 2.75) is 46.2 Å². The van der Waals surface area contributed by atoms with Crippen molar-refractivity contribution in [3.05, 3.63) is 34.6 Å². The van der Waals surface area contributed by atoms with Crippen LogP contribution in [0.1, 0.15) is 45.5 Å². The van der Waals surface area contributed by atoms with Crippen LogP contribution in [0.2, 0.25) is 0 Å². The molecule has 0 spiro atoms. The minimum absolute atomic E-state index is 0.0293. The van der Waals surface area contributed by atoms with Crippen LogP contribution in [-0.2, 0) is 6.54 Å². The fourth-order valence-electron chi connectivity index (χ4n) is 4.15. The van der Waals surface area contributed by atoms with E-state index < -0.39 is 0 Å². The molecule has 26 heavy (non-hydrogen) atoms. The van der Waals surface area contributed by atoms with E-state index >= 15 is 0 Å². The lowest BCUT2D eigenvalue weighted by molar-refractivity contribution is 0.167. The average Bonchev–Trinajstić information content (AvgIpc) is 2.79. The predicted octanol–water partition coefficient (Wildman–Crippen LogP) is 2.54. The van der Waals surface area contributed by atoms with E-state index in [0.29, 0.717) is 17.8 Å². The second kappa shape index (κ2) is 8.27. The molecule has 1 fully saturated rings. The van der Waals surface area contributed by atoms with Gasteiger partial charge in [0.1, 0.15) is 5.82 Å². The quantitative estimate of drug-likeness (QED) is 0.823. The number of rotatable bonds is 5. The number of hydrogen-bond acceptors (Lipinski definition) is 5. The van der Waals surface area contributed by atoms with E-state index in [2.05, 4.69) is 35.7 Å². The number of fused-ring (bicyclic) bond motifs is 1. The molecule has 6 heteroatoms. The molecule has 2 atom stereocenters. The topological polar surface area (TPSA) is 54.3 Å². The summed E-state index contributed by atoms with van der Waals surface area (Å²) in [4.78, 5) is 27.0. The Morgan fingerprint density at radius 2 is 2.08 bits per heavy atom. The smallest absolute Gasteiger partial charge is 0.262 e. The molecule has 0 unspecified atom stereocenters. The van der Waals surface area contributed by atoms with Crippen LogP contribution in [0.15, 0.2) is 23.3 Å². The van der Waals surface area contributed by atoms with Crippen LogP contribution >= 0.6 is 0 Å². The van der Waals surface area contributed by atoms with E-state index in [-0.39, 0.29) is 11.6 Å². The molecular formula is C20H31N5O. The molecule has 2 aromatic rings. The predicted molar refractivity (Wildman–Crippen MR) is 105 cm³/mol. The standard InChI is InChI=1S/C20H31N5O/c1-5-7-18(24-11-10-23(4)13-15(3)14-24)19-22-17-8-9-21-12-16(17)20(26)25(19)6-2/h8-9,12,15,18H,5-7,10-11,13-14H2,1-4H3/t15-,18-/m0/s1. The maximum Gasteiger partial charge on any atom is 0.262 e. The van der Waals surface area contributed by atoms with Crippen LogP contribution in [0.25, 0.3) is 10.9 Å². The molecule has 3 heterocycles. The highest BCUT2D eigenvalue weighted by Gasteiger charge is 2.28. The van der Waals surface area contributed by atoms with Gasteiger partial charge in [-0.05, 0) is 32.4 Å². The highest BCUT2D eigenvalue weighted by molar-refractivity contribution is 5.76. The molecule has 0 bridgehead atoms. The molecule has 0 saturated carbocycles. The van der Waals surface area contributed by atoms with Crippen LogP contribution in [0.4, 0.5) is 0 Å². The first kappa shape index (κ1) is 19.0. The van der Waals surface area contributed by atoms with Gasteiger partial charge in [-0.3, -0.25) is 19.2 Å². The monoisotopic (exact) mass is 357 g/mol. The van der Waals surface area contributed by atoms with Crippen molar-refractivity contribution in [1.82, 2.24) is 24.3 Å². The Morgan fingerprint density at radius 3 is 2.81 bits per heavy atom. The average molecular weight is 358 g/mol. The number of hydrogen-bond donors (Lipinski definition) is 0. The SMILES string of the molecule is CCC[C@@H](c1nc2ccncc2c(=O)n1CC)N1CCN(C)C[C@H](C)C1. The molecule has 1 saturated heterocycles. The lowest BCUT2D eigenvalue weighted by Crippen LogP contribution is -2.38. The molecule has 142 valence electrons. The van der Waals surface area contributed by atoms with Gasteiger partial charge < -0.3 is 4.90 Å². The van der Waals surface area contributed by atoms with Crippen molar-refractivity contribution in [2.24, 2.45) is 5.92 Å². The summed E-state index contributed by atoms with van der Waals surface area (Å²) < 4.78 is 1.85. The van der Waals surface area contributed by atoms with E-state index in [1.807, 2.05) is 17.6 Å². The molecule has 6 nitrogen and oxygen atoms in total. The fraction of sp³-hybridized carbons (Fsp3) is 0.650. The Labute approximate surface area is 155 Å². The zero-order valence-corrected chi connectivity index (χ0v) is 16.5. The van der Waals surface area contributed by atoms with Crippen molar-refractivity contribution < 1.29 is 0 Å². The van der Waals surface area contributed by atoms with Crippen molar-refractivity contribution in [2.75, 3.05) is 33.2 Å². The van der Waals surface area contributed by atoms with Crippen molar-refractivity contribution in [3.63, 3.8) is 0 Å². The van der Waals surface area contributed by atoms with E-state index in [0.717, 1.165) is 50.4 Å². The van der Waals surface area contributed by atoms with E-state index in [4.69, 9.17) is 4.98 Å². The maximum atomic E-state index is 13.0. The lowest BCUT2D eigenvalue weighted by atomic mass is 10.1. The largest absolute Gasteiger partial charge is 0.305 e. The zero-order valence-electron chi connectivity index (χ0n) is 16.5. The van der Waals surface area contributed by atoms with E-state index in [9.17, 15) is 4.79 Å². The van der Waals surface area contributed by atoms with Gasteiger partial charge in [-0.15, -0.1) is 0 Å². The minimum atomic E-state index is 0.0293. The number of nitrogens with zero attached hydrogens (tertiary/aromatic N) is 5. The molecule has 0 N–H and O–H groups in total.